The Balaban J connectivity index is 2.20. The maximum atomic E-state index is 6.26. The fourth-order valence-corrected chi connectivity index (χ4v) is 2.65. The van der Waals surface area contributed by atoms with Gasteiger partial charge < -0.3 is 5.73 Å². The predicted molar refractivity (Wildman–Crippen MR) is 62.5 cm³/mol. The summed E-state index contributed by atoms with van der Waals surface area (Å²) in [6.07, 6.45) is 6.10. The van der Waals surface area contributed by atoms with E-state index >= 15 is 0 Å². The second-order valence-corrected chi connectivity index (χ2v) is 4.81. The van der Waals surface area contributed by atoms with Crippen molar-refractivity contribution in [2.24, 2.45) is 11.7 Å². The van der Waals surface area contributed by atoms with Gasteiger partial charge in [0.15, 0.2) is 0 Å². The summed E-state index contributed by atoms with van der Waals surface area (Å²) in [4.78, 5) is 1.34. The van der Waals surface area contributed by atoms with Gasteiger partial charge in [-0.1, -0.05) is 24.6 Å². The molecule has 0 heterocycles. The smallest absolute Gasteiger partial charge is 0.0334 e. The summed E-state index contributed by atoms with van der Waals surface area (Å²) < 4.78 is 0. The molecule has 1 saturated carbocycles. The zero-order valence-electron chi connectivity index (χ0n) is 8.57. The van der Waals surface area contributed by atoms with Crippen molar-refractivity contribution in [3.8, 4) is 0 Å². The van der Waals surface area contributed by atoms with E-state index in [2.05, 4.69) is 30.5 Å². The van der Waals surface area contributed by atoms with Gasteiger partial charge in [-0.3, -0.25) is 0 Å². The number of rotatable bonds is 3. The Morgan fingerprint density at radius 3 is 2.64 bits per heavy atom. The van der Waals surface area contributed by atoms with Gasteiger partial charge >= 0.3 is 0 Å². The largest absolute Gasteiger partial charge is 0.324 e. The van der Waals surface area contributed by atoms with Crippen LogP contribution in [0.3, 0.4) is 0 Å². The normalized spacial score (nSPS) is 19.0. The number of nitrogens with two attached hydrogens (primary N) is 1. The van der Waals surface area contributed by atoms with Gasteiger partial charge in [0.05, 0.1) is 0 Å². The molecule has 1 aliphatic carbocycles. The summed E-state index contributed by atoms with van der Waals surface area (Å²) in [5.74, 6) is 0.725. The van der Waals surface area contributed by atoms with Crippen LogP contribution >= 0.6 is 11.8 Å². The fourth-order valence-electron chi connectivity index (χ4n) is 1.99. The highest BCUT2D eigenvalue weighted by atomic mass is 32.2. The van der Waals surface area contributed by atoms with Crippen molar-refractivity contribution in [2.75, 3.05) is 6.26 Å². The Kier molecular flexibility index (Phi) is 3.14. The summed E-state index contributed by atoms with van der Waals surface area (Å²) >= 11 is 1.80. The van der Waals surface area contributed by atoms with E-state index in [1.807, 2.05) is 0 Å². The lowest BCUT2D eigenvalue weighted by molar-refractivity contribution is 0.262. The van der Waals surface area contributed by atoms with Gasteiger partial charge in [-0.25, -0.2) is 0 Å². The van der Waals surface area contributed by atoms with Gasteiger partial charge in [0.1, 0.15) is 0 Å². The molecule has 14 heavy (non-hydrogen) atoms. The maximum absolute atomic E-state index is 6.26. The third kappa shape index (κ3) is 1.82. The van der Waals surface area contributed by atoms with E-state index in [0.717, 1.165) is 5.92 Å². The molecule has 1 aromatic rings. The van der Waals surface area contributed by atoms with Crippen molar-refractivity contribution in [1.29, 1.82) is 0 Å². The molecule has 1 nitrogen and oxygen atoms in total. The third-order valence-corrected chi connectivity index (χ3v) is 3.97. The van der Waals surface area contributed by atoms with E-state index in [-0.39, 0.29) is 6.04 Å². The fraction of sp³-hybridized carbons (Fsp3) is 0.500. The summed E-state index contributed by atoms with van der Waals surface area (Å²) in [7, 11) is 0. The lowest BCUT2D eigenvalue weighted by Gasteiger charge is -2.32. The minimum Gasteiger partial charge on any atom is -0.324 e. The van der Waals surface area contributed by atoms with E-state index < -0.39 is 0 Å². The molecule has 76 valence electrons. The van der Waals surface area contributed by atoms with Gasteiger partial charge in [0.25, 0.3) is 0 Å². The molecule has 0 aromatic heterocycles. The van der Waals surface area contributed by atoms with Gasteiger partial charge in [0.2, 0.25) is 0 Å². The molecule has 0 amide bonds. The summed E-state index contributed by atoms with van der Waals surface area (Å²) in [5.41, 5.74) is 7.60. The molecular weight excluding hydrogens is 190 g/mol. The van der Waals surface area contributed by atoms with Crippen LogP contribution in [0.2, 0.25) is 0 Å². The van der Waals surface area contributed by atoms with Crippen LogP contribution in [0, 0.1) is 5.92 Å². The number of benzene rings is 1. The molecule has 2 heteroatoms. The van der Waals surface area contributed by atoms with Crippen molar-refractivity contribution in [1.82, 2.24) is 0 Å². The summed E-state index contributed by atoms with van der Waals surface area (Å²) in [5, 5.41) is 0. The Bertz CT molecular complexity index is 307. The van der Waals surface area contributed by atoms with E-state index in [9.17, 15) is 0 Å². The molecule has 0 aliphatic heterocycles. The zero-order valence-corrected chi connectivity index (χ0v) is 9.39. The lowest BCUT2D eigenvalue weighted by atomic mass is 9.77. The standard InChI is InChI=1S/C12H17NS/c1-14-11-8-3-2-7-10(11)12(13)9-5-4-6-9/h2-3,7-9,12H,4-6,13H2,1H3. The maximum Gasteiger partial charge on any atom is 0.0334 e. The Morgan fingerprint density at radius 2 is 2.07 bits per heavy atom. The topological polar surface area (TPSA) is 26.0 Å². The average molecular weight is 207 g/mol. The van der Waals surface area contributed by atoms with Crippen LogP contribution in [0.15, 0.2) is 29.2 Å². The number of hydrogen-bond donors (Lipinski definition) is 1. The highest BCUT2D eigenvalue weighted by Gasteiger charge is 2.26. The van der Waals surface area contributed by atoms with E-state index in [4.69, 9.17) is 5.73 Å². The molecular formula is C12H17NS. The minimum absolute atomic E-state index is 0.257. The van der Waals surface area contributed by atoms with Crippen LogP contribution in [0.4, 0.5) is 0 Å². The highest BCUT2D eigenvalue weighted by molar-refractivity contribution is 7.98. The molecule has 1 atom stereocenters. The Morgan fingerprint density at radius 1 is 1.36 bits per heavy atom. The molecule has 0 radical (unpaired) electrons. The van der Waals surface area contributed by atoms with Crippen molar-refractivity contribution in [3.05, 3.63) is 29.8 Å². The van der Waals surface area contributed by atoms with Gasteiger partial charge in [-0.15, -0.1) is 11.8 Å². The Hall–Kier alpha value is -0.470. The van der Waals surface area contributed by atoms with Crippen LogP contribution in [0.1, 0.15) is 30.9 Å². The number of hydrogen-bond acceptors (Lipinski definition) is 2. The molecule has 2 N–H and O–H groups in total. The first-order valence-electron chi connectivity index (χ1n) is 5.21. The molecule has 0 bridgehead atoms. The van der Waals surface area contributed by atoms with E-state index in [1.54, 1.807) is 11.8 Å². The van der Waals surface area contributed by atoms with Crippen molar-refractivity contribution in [2.45, 2.75) is 30.2 Å². The summed E-state index contributed by atoms with van der Waals surface area (Å²) in [6.45, 7) is 0. The third-order valence-electron chi connectivity index (χ3n) is 3.16. The molecule has 1 aliphatic rings. The van der Waals surface area contributed by atoms with E-state index in [1.165, 1.54) is 29.7 Å². The first-order valence-corrected chi connectivity index (χ1v) is 6.44. The minimum atomic E-state index is 0.257. The summed E-state index contributed by atoms with van der Waals surface area (Å²) in [6, 6.07) is 8.77. The predicted octanol–water partition coefficient (Wildman–Crippen LogP) is 3.21. The van der Waals surface area contributed by atoms with Crippen LogP contribution < -0.4 is 5.73 Å². The lowest BCUT2D eigenvalue weighted by Crippen LogP contribution is -2.27. The average Bonchev–Trinajstić information content (AvgIpc) is 2.15. The van der Waals surface area contributed by atoms with Crippen molar-refractivity contribution >= 4 is 11.8 Å². The molecule has 1 aromatic carbocycles. The quantitative estimate of drug-likeness (QED) is 0.770. The molecule has 0 saturated heterocycles. The van der Waals surface area contributed by atoms with Gasteiger partial charge in [-0.2, -0.15) is 0 Å². The van der Waals surface area contributed by atoms with Crippen LogP contribution in [0.25, 0.3) is 0 Å². The first-order chi connectivity index (χ1) is 6.83. The Labute approximate surface area is 90.1 Å². The molecule has 1 unspecified atom stereocenters. The monoisotopic (exact) mass is 207 g/mol. The highest BCUT2D eigenvalue weighted by Crippen LogP contribution is 2.38. The van der Waals surface area contributed by atoms with Gasteiger partial charge in [0, 0.05) is 10.9 Å². The van der Waals surface area contributed by atoms with Crippen LogP contribution in [-0.2, 0) is 0 Å². The van der Waals surface area contributed by atoms with Crippen molar-refractivity contribution < 1.29 is 0 Å². The SMILES string of the molecule is CSc1ccccc1C(N)C1CCC1. The van der Waals surface area contributed by atoms with E-state index in [0.29, 0.717) is 0 Å². The zero-order chi connectivity index (χ0) is 9.97. The van der Waals surface area contributed by atoms with Crippen molar-refractivity contribution in [3.63, 3.8) is 0 Å². The molecule has 2 rings (SSSR count). The van der Waals surface area contributed by atoms with Crippen LogP contribution in [-0.4, -0.2) is 6.26 Å². The second-order valence-electron chi connectivity index (χ2n) is 3.96. The molecule has 0 spiro atoms. The first kappa shape index (κ1) is 10.1. The molecule has 1 fully saturated rings. The number of thioether (sulfide) groups is 1. The van der Waals surface area contributed by atoms with Gasteiger partial charge in [-0.05, 0) is 36.6 Å². The second kappa shape index (κ2) is 4.37. The van der Waals surface area contributed by atoms with Crippen LogP contribution in [0.5, 0.6) is 0 Å².